The zero-order valence-corrected chi connectivity index (χ0v) is 12.9. The summed E-state index contributed by atoms with van der Waals surface area (Å²) in [6, 6.07) is 0.145. The van der Waals surface area contributed by atoms with E-state index in [1.165, 1.54) is 12.8 Å². The van der Waals surface area contributed by atoms with E-state index in [1.807, 2.05) is 0 Å². The van der Waals surface area contributed by atoms with Crippen molar-refractivity contribution in [2.75, 3.05) is 6.54 Å². The SMILES string of the molecule is CC1CCC(NC(=O)NCC2CCCCC2C(=O)O)CC1. The largest absolute Gasteiger partial charge is 0.481 e. The van der Waals surface area contributed by atoms with Crippen LogP contribution in [0.15, 0.2) is 0 Å². The Balaban J connectivity index is 1.71. The van der Waals surface area contributed by atoms with Crippen molar-refractivity contribution in [1.29, 1.82) is 0 Å². The fourth-order valence-corrected chi connectivity index (χ4v) is 3.64. The van der Waals surface area contributed by atoms with Gasteiger partial charge in [0.1, 0.15) is 0 Å². The Labute approximate surface area is 126 Å². The van der Waals surface area contributed by atoms with Crippen LogP contribution in [0.2, 0.25) is 0 Å². The van der Waals surface area contributed by atoms with Crippen LogP contribution in [0.3, 0.4) is 0 Å². The highest BCUT2D eigenvalue weighted by Crippen LogP contribution is 2.29. The van der Waals surface area contributed by atoms with Gasteiger partial charge in [0, 0.05) is 12.6 Å². The van der Waals surface area contributed by atoms with Crippen LogP contribution >= 0.6 is 0 Å². The molecular formula is C16H28N2O3. The number of amides is 2. The Bertz CT molecular complexity index is 365. The van der Waals surface area contributed by atoms with Gasteiger partial charge in [0.2, 0.25) is 0 Å². The molecule has 0 aromatic heterocycles. The summed E-state index contributed by atoms with van der Waals surface area (Å²) in [5, 5.41) is 15.1. The lowest BCUT2D eigenvalue weighted by atomic mass is 9.79. The number of carboxylic acid groups (broad SMARTS) is 1. The molecule has 0 aliphatic heterocycles. The molecule has 2 amide bonds. The molecule has 2 unspecified atom stereocenters. The van der Waals surface area contributed by atoms with Crippen molar-refractivity contribution in [2.45, 2.75) is 64.3 Å². The zero-order valence-electron chi connectivity index (χ0n) is 12.9. The van der Waals surface area contributed by atoms with Gasteiger partial charge in [-0.05, 0) is 50.4 Å². The van der Waals surface area contributed by atoms with Gasteiger partial charge in [-0.25, -0.2) is 4.79 Å². The minimum Gasteiger partial charge on any atom is -0.481 e. The number of aliphatic carboxylic acids is 1. The van der Waals surface area contributed by atoms with Crippen LogP contribution in [0.5, 0.6) is 0 Å². The second-order valence-electron chi connectivity index (χ2n) is 6.80. The topological polar surface area (TPSA) is 78.4 Å². The van der Waals surface area contributed by atoms with Crippen molar-refractivity contribution in [3.8, 4) is 0 Å². The number of hydrogen-bond acceptors (Lipinski definition) is 2. The van der Waals surface area contributed by atoms with E-state index in [-0.39, 0.29) is 23.9 Å². The Morgan fingerprint density at radius 1 is 1.05 bits per heavy atom. The molecule has 2 saturated carbocycles. The zero-order chi connectivity index (χ0) is 15.2. The lowest BCUT2D eigenvalue weighted by Crippen LogP contribution is -2.46. The number of nitrogens with one attached hydrogen (secondary N) is 2. The summed E-state index contributed by atoms with van der Waals surface area (Å²) in [4.78, 5) is 23.2. The third kappa shape index (κ3) is 4.90. The quantitative estimate of drug-likeness (QED) is 0.746. The van der Waals surface area contributed by atoms with E-state index in [0.29, 0.717) is 6.54 Å². The number of hydrogen-bond donors (Lipinski definition) is 3. The van der Waals surface area contributed by atoms with Crippen LogP contribution in [0.4, 0.5) is 4.79 Å². The van der Waals surface area contributed by atoms with Crippen LogP contribution in [0.25, 0.3) is 0 Å². The van der Waals surface area contributed by atoms with Crippen molar-refractivity contribution in [3.63, 3.8) is 0 Å². The molecule has 21 heavy (non-hydrogen) atoms. The molecule has 3 N–H and O–H groups in total. The molecular weight excluding hydrogens is 268 g/mol. The summed E-state index contributed by atoms with van der Waals surface area (Å²) in [5.74, 6) is -0.171. The summed E-state index contributed by atoms with van der Waals surface area (Å²) in [6.07, 6.45) is 8.15. The van der Waals surface area contributed by atoms with Crippen molar-refractivity contribution < 1.29 is 14.7 Å². The Hall–Kier alpha value is -1.26. The third-order valence-corrected chi connectivity index (χ3v) is 5.10. The third-order valence-electron chi connectivity index (χ3n) is 5.10. The Kier molecular flexibility index (Phi) is 5.88. The second kappa shape index (κ2) is 7.66. The van der Waals surface area contributed by atoms with Gasteiger partial charge < -0.3 is 15.7 Å². The van der Waals surface area contributed by atoms with Crippen LogP contribution in [-0.2, 0) is 4.79 Å². The minimum atomic E-state index is -0.719. The second-order valence-corrected chi connectivity index (χ2v) is 6.80. The summed E-state index contributed by atoms with van der Waals surface area (Å²) in [7, 11) is 0. The first kappa shape index (κ1) is 16.1. The molecule has 0 aromatic carbocycles. The molecule has 2 rings (SSSR count). The maximum atomic E-state index is 11.9. The van der Waals surface area contributed by atoms with Crippen LogP contribution in [-0.4, -0.2) is 29.7 Å². The summed E-state index contributed by atoms with van der Waals surface area (Å²) < 4.78 is 0. The molecule has 2 atom stereocenters. The first-order valence-electron chi connectivity index (χ1n) is 8.33. The molecule has 5 nitrogen and oxygen atoms in total. The highest BCUT2D eigenvalue weighted by molar-refractivity contribution is 5.74. The monoisotopic (exact) mass is 296 g/mol. The van der Waals surface area contributed by atoms with Gasteiger partial charge in [0.25, 0.3) is 0 Å². The molecule has 0 bridgehead atoms. The minimum absolute atomic E-state index is 0.0772. The van der Waals surface area contributed by atoms with Crippen LogP contribution in [0, 0.1) is 17.8 Å². The van der Waals surface area contributed by atoms with Gasteiger partial charge in [-0.2, -0.15) is 0 Å². The van der Waals surface area contributed by atoms with E-state index < -0.39 is 5.97 Å². The molecule has 2 fully saturated rings. The molecule has 2 aliphatic rings. The number of urea groups is 1. The van der Waals surface area contributed by atoms with Crippen molar-refractivity contribution in [1.82, 2.24) is 10.6 Å². The van der Waals surface area contributed by atoms with Gasteiger partial charge in [0.05, 0.1) is 5.92 Å². The predicted octanol–water partition coefficient (Wildman–Crippen LogP) is 2.76. The molecule has 0 aromatic rings. The number of carbonyl (C=O) groups is 2. The van der Waals surface area contributed by atoms with E-state index in [4.69, 9.17) is 0 Å². The molecule has 0 saturated heterocycles. The lowest BCUT2D eigenvalue weighted by molar-refractivity contribution is -0.144. The van der Waals surface area contributed by atoms with Gasteiger partial charge >= 0.3 is 12.0 Å². The first-order chi connectivity index (χ1) is 10.1. The van der Waals surface area contributed by atoms with Gasteiger partial charge in [-0.1, -0.05) is 19.8 Å². The average Bonchev–Trinajstić information content (AvgIpc) is 2.48. The highest BCUT2D eigenvalue weighted by Gasteiger charge is 2.31. The van der Waals surface area contributed by atoms with Crippen LogP contribution in [0.1, 0.15) is 58.3 Å². The molecule has 120 valence electrons. The fourth-order valence-electron chi connectivity index (χ4n) is 3.64. The molecule has 0 spiro atoms. The van der Waals surface area contributed by atoms with Gasteiger partial charge in [-0.15, -0.1) is 0 Å². The Morgan fingerprint density at radius 2 is 1.71 bits per heavy atom. The fraction of sp³-hybridized carbons (Fsp3) is 0.875. The van der Waals surface area contributed by atoms with Crippen molar-refractivity contribution in [3.05, 3.63) is 0 Å². The number of rotatable bonds is 4. The molecule has 0 radical (unpaired) electrons. The van der Waals surface area contributed by atoms with Crippen molar-refractivity contribution in [2.24, 2.45) is 17.8 Å². The summed E-state index contributed by atoms with van der Waals surface area (Å²) >= 11 is 0. The van der Waals surface area contributed by atoms with E-state index in [0.717, 1.165) is 44.4 Å². The maximum Gasteiger partial charge on any atom is 0.315 e. The van der Waals surface area contributed by atoms with E-state index in [9.17, 15) is 14.7 Å². The van der Waals surface area contributed by atoms with E-state index in [1.54, 1.807) is 0 Å². The molecule has 2 aliphatic carbocycles. The predicted molar refractivity (Wildman–Crippen MR) is 81.0 cm³/mol. The molecule has 0 heterocycles. The number of carboxylic acids is 1. The van der Waals surface area contributed by atoms with E-state index in [2.05, 4.69) is 17.6 Å². The van der Waals surface area contributed by atoms with E-state index >= 15 is 0 Å². The maximum absolute atomic E-state index is 11.9. The van der Waals surface area contributed by atoms with Gasteiger partial charge in [0.15, 0.2) is 0 Å². The Morgan fingerprint density at radius 3 is 2.38 bits per heavy atom. The first-order valence-corrected chi connectivity index (χ1v) is 8.33. The lowest BCUT2D eigenvalue weighted by Gasteiger charge is -2.30. The van der Waals surface area contributed by atoms with Gasteiger partial charge in [-0.3, -0.25) is 4.79 Å². The average molecular weight is 296 g/mol. The summed E-state index contributed by atoms with van der Waals surface area (Å²) in [6.45, 7) is 2.73. The highest BCUT2D eigenvalue weighted by atomic mass is 16.4. The summed E-state index contributed by atoms with van der Waals surface area (Å²) in [5.41, 5.74) is 0. The van der Waals surface area contributed by atoms with Crippen LogP contribution < -0.4 is 10.6 Å². The number of carbonyl (C=O) groups excluding carboxylic acids is 1. The normalized spacial score (nSPS) is 33.2. The van der Waals surface area contributed by atoms with Crippen molar-refractivity contribution >= 4 is 12.0 Å². The standard InChI is InChI=1S/C16H28N2O3/c1-11-6-8-13(9-7-11)18-16(21)17-10-12-4-2-3-5-14(12)15(19)20/h11-14H,2-10H2,1H3,(H,19,20)(H2,17,18,21). The molecule has 5 heteroatoms. The smallest absolute Gasteiger partial charge is 0.315 e.